The van der Waals surface area contributed by atoms with Gasteiger partial charge in [-0.15, -0.1) is 0 Å². The Morgan fingerprint density at radius 1 is 1.33 bits per heavy atom. The zero-order valence-electron chi connectivity index (χ0n) is 12.2. The maximum Gasteiger partial charge on any atom is 0.279 e. The summed E-state index contributed by atoms with van der Waals surface area (Å²) in [6, 6.07) is 3.66. The molecule has 0 bridgehead atoms. The molecule has 0 spiro atoms. The van der Waals surface area contributed by atoms with Gasteiger partial charge in [-0.05, 0) is 42.6 Å². The van der Waals surface area contributed by atoms with E-state index in [9.17, 15) is 22.2 Å². The average Bonchev–Trinajstić information content (AvgIpc) is 2.95. The molecular weight excluding hydrogens is 365 g/mol. The molecule has 0 saturated heterocycles. The highest BCUT2D eigenvalue weighted by atomic mass is 35.5. The second kappa shape index (κ2) is 7.69. The second-order valence-electron chi connectivity index (χ2n) is 4.86. The molecular formula is C13H12ClFN3O5S-. The molecule has 1 aromatic carbocycles. The van der Waals surface area contributed by atoms with Gasteiger partial charge in [0.25, 0.3) is 5.91 Å². The number of anilines is 1. The van der Waals surface area contributed by atoms with Crippen LogP contribution in [0.2, 0.25) is 5.02 Å². The molecule has 1 aromatic heterocycles. The van der Waals surface area contributed by atoms with Crippen molar-refractivity contribution in [1.29, 1.82) is 0 Å². The number of nitrogens with zero attached hydrogens (tertiary/aromatic N) is 2. The number of carbonyl (C=O) groups is 1. The van der Waals surface area contributed by atoms with Gasteiger partial charge < -0.3 is 9.87 Å². The van der Waals surface area contributed by atoms with Crippen molar-refractivity contribution in [2.45, 2.75) is 19.3 Å². The van der Waals surface area contributed by atoms with E-state index in [0.717, 1.165) is 6.07 Å². The highest BCUT2D eigenvalue weighted by Crippen LogP contribution is 2.20. The number of benzene rings is 1. The van der Waals surface area contributed by atoms with Gasteiger partial charge in [0.15, 0.2) is 5.69 Å². The third-order valence-electron chi connectivity index (χ3n) is 3.01. The van der Waals surface area contributed by atoms with Crippen molar-refractivity contribution >= 4 is 33.3 Å². The highest BCUT2D eigenvalue weighted by molar-refractivity contribution is 7.85. The Kier molecular flexibility index (Phi) is 5.86. The van der Waals surface area contributed by atoms with E-state index in [2.05, 4.69) is 20.3 Å². The molecule has 2 rings (SSSR count). The molecule has 8 nitrogen and oxygen atoms in total. The first kappa shape index (κ1) is 18.3. The third kappa shape index (κ3) is 5.25. The van der Waals surface area contributed by atoms with E-state index in [1.165, 1.54) is 12.1 Å². The van der Waals surface area contributed by atoms with Crippen LogP contribution in [0.15, 0.2) is 22.8 Å². The summed E-state index contributed by atoms with van der Waals surface area (Å²) in [6.45, 7) is 0. The van der Waals surface area contributed by atoms with Crippen LogP contribution in [-0.2, 0) is 16.5 Å². The first-order chi connectivity index (χ1) is 11.3. The first-order valence-electron chi connectivity index (χ1n) is 6.77. The van der Waals surface area contributed by atoms with Gasteiger partial charge >= 0.3 is 0 Å². The van der Waals surface area contributed by atoms with Crippen LogP contribution in [0.1, 0.15) is 29.0 Å². The number of unbranched alkanes of at least 4 members (excludes halogenated alkanes) is 1. The molecule has 1 amide bonds. The van der Waals surface area contributed by atoms with Crippen molar-refractivity contribution < 1.29 is 26.8 Å². The first-order valence-corrected chi connectivity index (χ1v) is 8.73. The number of rotatable bonds is 7. The lowest BCUT2D eigenvalue weighted by atomic mass is 10.1. The van der Waals surface area contributed by atoms with Gasteiger partial charge in [-0.1, -0.05) is 16.8 Å². The van der Waals surface area contributed by atoms with Crippen molar-refractivity contribution in [3.63, 3.8) is 0 Å². The van der Waals surface area contributed by atoms with Gasteiger partial charge in [0.05, 0.1) is 15.1 Å². The molecule has 2 aromatic rings. The molecule has 0 radical (unpaired) electrons. The van der Waals surface area contributed by atoms with Gasteiger partial charge in [-0.25, -0.2) is 17.4 Å². The van der Waals surface area contributed by atoms with E-state index in [4.69, 9.17) is 11.6 Å². The minimum Gasteiger partial charge on any atom is -0.748 e. The van der Waals surface area contributed by atoms with Crippen LogP contribution < -0.4 is 5.32 Å². The lowest BCUT2D eigenvalue weighted by molar-refractivity contribution is 0.101. The van der Waals surface area contributed by atoms with Crippen molar-refractivity contribution in [3.05, 3.63) is 40.4 Å². The molecule has 11 heteroatoms. The zero-order valence-corrected chi connectivity index (χ0v) is 13.7. The van der Waals surface area contributed by atoms with Crippen molar-refractivity contribution in [2.24, 2.45) is 0 Å². The Morgan fingerprint density at radius 2 is 2.08 bits per heavy atom. The monoisotopic (exact) mass is 376 g/mol. The van der Waals surface area contributed by atoms with Gasteiger partial charge in [0, 0.05) is 11.4 Å². The summed E-state index contributed by atoms with van der Waals surface area (Å²) in [4.78, 5) is 12.1. The van der Waals surface area contributed by atoms with Crippen LogP contribution in [0.25, 0.3) is 0 Å². The number of hydrogen-bond acceptors (Lipinski definition) is 7. The van der Waals surface area contributed by atoms with Crippen LogP contribution >= 0.6 is 11.6 Å². The summed E-state index contributed by atoms with van der Waals surface area (Å²) >= 11 is 5.63. The smallest absolute Gasteiger partial charge is 0.279 e. The fraction of sp³-hybridized carbons (Fsp3) is 0.308. The van der Waals surface area contributed by atoms with E-state index in [0.29, 0.717) is 6.42 Å². The Morgan fingerprint density at radius 3 is 2.75 bits per heavy atom. The molecule has 0 aliphatic rings. The third-order valence-corrected chi connectivity index (χ3v) is 4.09. The van der Waals surface area contributed by atoms with Crippen LogP contribution in [0.5, 0.6) is 0 Å². The molecule has 0 atom stereocenters. The van der Waals surface area contributed by atoms with Crippen LogP contribution in [-0.4, -0.2) is 34.9 Å². The molecule has 1 heterocycles. The van der Waals surface area contributed by atoms with Crippen LogP contribution in [0.4, 0.5) is 10.1 Å². The van der Waals surface area contributed by atoms with Crippen molar-refractivity contribution in [3.8, 4) is 0 Å². The average molecular weight is 377 g/mol. The number of nitrogens with one attached hydrogen (secondary N) is 1. The van der Waals surface area contributed by atoms with Crippen LogP contribution in [0, 0.1) is 5.82 Å². The molecule has 1 N–H and O–H groups in total. The van der Waals surface area contributed by atoms with E-state index < -0.39 is 27.6 Å². The Labute approximate surface area is 141 Å². The van der Waals surface area contributed by atoms with Crippen molar-refractivity contribution in [1.82, 2.24) is 10.3 Å². The second-order valence-corrected chi connectivity index (χ2v) is 6.79. The largest absolute Gasteiger partial charge is 0.748 e. The van der Waals surface area contributed by atoms with Gasteiger partial charge in [-0.3, -0.25) is 4.79 Å². The number of halogens is 2. The summed E-state index contributed by atoms with van der Waals surface area (Å²) in [5.41, 5.74) is 0.405. The number of aryl methyl sites for hydroxylation is 1. The van der Waals surface area contributed by atoms with Gasteiger partial charge in [-0.2, -0.15) is 0 Å². The number of carbonyl (C=O) groups excluding carboxylic acids is 1. The SMILES string of the molecule is O=C(Nc1ccc(F)c(Cl)c1)c1nonc1CCCCS(=O)(=O)[O-]. The lowest BCUT2D eigenvalue weighted by Crippen LogP contribution is -2.15. The Balaban J connectivity index is 1.98. The summed E-state index contributed by atoms with van der Waals surface area (Å²) in [7, 11) is -4.27. The molecule has 0 fully saturated rings. The molecule has 0 saturated carbocycles. The standard InChI is InChI=1S/C13H13ClFN3O5S/c14-9-7-8(4-5-10(9)15)16-13(19)12-11(17-23-18-12)3-1-2-6-24(20,21)22/h4-5,7H,1-3,6H2,(H,16,19)(H,20,21,22)/p-1. The minimum absolute atomic E-state index is 0.0829. The number of amides is 1. The lowest BCUT2D eigenvalue weighted by Gasteiger charge is -2.06. The maximum absolute atomic E-state index is 13.1. The Bertz CT molecular complexity index is 840. The van der Waals surface area contributed by atoms with E-state index in [1.807, 2.05) is 0 Å². The van der Waals surface area contributed by atoms with E-state index in [1.54, 1.807) is 0 Å². The summed E-state index contributed by atoms with van der Waals surface area (Å²) in [5.74, 6) is -1.74. The fourth-order valence-electron chi connectivity index (χ4n) is 1.88. The predicted octanol–water partition coefficient (Wildman–Crippen LogP) is 1.98. The number of aromatic nitrogens is 2. The topological polar surface area (TPSA) is 125 Å². The van der Waals surface area contributed by atoms with Gasteiger partial charge in [0.1, 0.15) is 11.5 Å². The molecule has 130 valence electrons. The fourth-order valence-corrected chi connectivity index (χ4v) is 2.62. The van der Waals surface area contributed by atoms with E-state index >= 15 is 0 Å². The summed E-state index contributed by atoms with van der Waals surface area (Å²) in [6.07, 6.45) is 0.664. The molecule has 0 aliphatic heterocycles. The van der Waals surface area contributed by atoms with Crippen molar-refractivity contribution in [2.75, 3.05) is 11.1 Å². The number of hydrogen-bond donors (Lipinski definition) is 1. The van der Waals surface area contributed by atoms with Gasteiger partial charge in [0.2, 0.25) is 0 Å². The predicted molar refractivity (Wildman–Crippen MR) is 81.2 cm³/mol. The molecule has 0 unspecified atom stereocenters. The molecule has 0 aliphatic carbocycles. The minimum atomic E-state index is -4.27. The normalized spacial score (nSPS) is 11.5. The summed E-state index contributed by atoms with van der Waals surface area (Å²) < 4.78 is 49.2. The maximum atomic E-state index is 13.1. The molecule has 24 heavy (non-hydrogen) atoms. The summed E-state index contributed by atoms with van der Waals surface area (Å²) in [5, 5.41) is 9.40. The quantitative estimate of drug-likeness (QED) is 0.578. The van der Waals surface area contributed by atoms with E-state index in [-0.39, 0.29) is 34.9 Å². The Hall–Kier alpha value is -2.04. The zero-order chi connectivity index (χ0) is 17.7. The highest BCUT2D eigenvalue weighted by Gasteiger charge is 2.18. The van der Waals surface area contributed by atoms with Crippen LogP contribution in [0.3, 0.4) is 0 Å².